The topological polar surface area (TPSA) is 28.2 Å². The van der Waals surface area contributed by atoms with Crippen LogP contribution in [0.3, 0.4) is 0 Å². The summed E-state index contributed by atoms with van der Waals surface area (Å²) in [6.45, 7) is 0. The molecule has 2 nitrogen and oxygen atoms in total. The quantitative estimate of drug-likeness (QED) is 0.717. The molecule has 0 saturated heterocycles. The molecule has 0 aliphatic rings. The van der Waals surface area contributed by atoms with Crippen LogP contribution >= 0.6 is 11.8 Å². The van der Waals surface area contributed by atoms with Gasteiger partial charge in [0.25, 0.3) is 0 Å². The Labute approximate surface area is 93.3 Å². The highest BCUT2D eigenvalue weighted by Crippen LogP contribution is 2.38. The molecule has 0 fully saturated rings. The fraction of sp³-hybridized carbons (Fsp3) is 0.100. The van der Waals surface area contributed by atoms with E-state index in [1.807, 2.05) is 6.07 Å². The van der Waals surface area contributed by atoms with E-state index in [4.69, 9.17) is 5.26 Å². The smallest absolute Gasteiger partial charge is 0.310 e. The summed E-state index contributed by atoms with van der Waals surface area (Å²) in [7, 11) is 0. The average Bonchev–Trinajstić information content (AvgIpc) is 2.55. The molecule has 16 heavy (non-hydrogen) atoms. The lowest BCUT2D eigenvalue weighted by Crippen LogP contribution is -2.00. The number of nitrogens with zero attached hydrogens (tertiary/aromatic N) is 2. The van der Waals surface area contributed by atoms with Gasteiger partial charge in [-0.1, -0.05) is 6.07 Å². The first-order valence-electron chi connectivity index (χ1n) is 4.27. The molecule has 2 aromatic heterocycles. The highest BCUT2D eigenvalue weighted by Gasteiger charge is 2.31. The first-order valence-corrected chi connectivity index (χ1v) is 5.09. The fourth-order valence-corrected chi connectivity index (χ4v) is 2.08. The number of aromatic nitrogens is 1. The predicted molar refractivity (Wildman–Crippen MR) is 54.0 cm³/mol. The summed E-state index contributed by atoms with van der Waals surface area (Å²) < 4.78 is 38.1. The second-order valence-electron chi connectivity index (χ2n) is 3.01. The van der Waals surface area contributed by atoms with E-state index in [1.165, 1.54) is 16.7 Å². The van der Waals surface area contributed by atoms with Gasteiger partial charge < -0.3 is 4.40 Å². The molecule has 0 saturated carbocycles. The minimum atomic E-state index is -4.35. The van der Waals surface area contributed by atoms with Gasteiger partial charge in [-0.3, -0.25) is 0 Å². The number of hydrogen-bond acceptors (Lipinski definition) is 2. The molecular formula is C10H5F3N2S. The van der Waals surface area contributed by atoms with Crippen LogP contribution in [0.5, 0.6) is 0 Å². The molecular weight excluding hydrogens is 237 g/mol. The Kier molecular flexibility index (Phi) is 2.56. The molecule has 0 spiro atoms. The molecule has 0 amide bonds. The molecule has 0 N–H and O–H groups in total. The number of rotatable bonds is 1. The van der Waals surface area contributed by atoms with Crippen LogP contribution in [0.25, 0.3) is 5.52 Å². The van der Waals surface area contributed by atoms with Crippen LogP contribution in [0.4, 0.5) is 13.2 Å². The molecule has 2 rings (SSSR count). The highest BCUT2D eigenvalue weighted by atomic mass is 32.2. The van der Waals surface area contributed by atoms with E-state index in [2.05, 4.69) is 0 Å². The fourth-order valence-electron chi connectivity index (χ4n) is 1.41. The van der Waals surface area contributed by atoms with Gasteiger partial charge in [0.15, 0.2) is 0 Å². The van der Waals surface area contributed by atoms with Crippen molar-refractivity contribution in [1.29, 1.82) is 5.26 Å². The van der Waals surface area contributed by atoms with Crippen molar-refractivity contribution in [3.8, 4) is 6.07 Å². The molecule has 0 aromatic carbocycles. The van der Waals surface area contributed by atoms with E-state index in [1.54, 1.807) is 18.2 Å². The SMILES string of the molecule is N#Cc1cc(SC(F)(F)F)n2ccccc12. The van der Waals surface area contributed by atoms with Gasteiger partial charge in [0, 0.05) is 18.0 Å². The van der Waals surface area contributed by atoms with Gasteiger partial charge >= 0.3 is 5.51 Å². The molecule has 6 heteroatoms. The van der Waals surface area contributed by atoms with Gasteiger partial charge in [-0.15, -0.1) is 0 Å². The lowest BCUT2D eigenvalue weighted by atomic mass is 10.3. The summed E-state index contributed by atoms with van der Waals surface area (Å²) in [6.07, 6.45) is 1.50. The Morgan fingerprint density at radius 3 is 2.69 bits per heavy atom. The maximum Gasteiger partial charge on any atom is 0.447 e. The van der Waals surface area contributed by atoms with Gasteiger partial charge in [-0.25, -0.2) is 0 Å². The van der Waals surface area contributed by atoms with Crippen LogP contribution in [0.2, 0.25) is 0 Å². The number of hydrogen-bond donors (Lipinski definition) is 0. The van der Waals surface area contributed by atoms with Gasteiger partial charge in [0.05, 0.1) is 16.1 Å². The summed E-state index contributed by atoms with van der Waals surface area (Å²) in [6, 6.07) is 8.03. The van der Waals surface area contributed by atoms with Crippen LogP contribution < -0.4 is 0 Å². The lowest BCUT2D eigenvalue weighted by molar-refractivity contribution is -0.0329. The van der Waals surface area contributed by atoms with Crippen LogP contribution in [-0.2, 0) is 0 Å². The number of nitriles is 1. The van der Waals surface area contributed by atoms with Crippen LogP contribution in [-0.4, -0.2) is 9.91 Å². The van der Waals surface area contributed by atoms with E-state index in [9.17, 15) is 13.2 Å². The van der Waals surface area contributed by atoms with Gasteiger partial charge in [0.2, 0.25) is 0 Å². The van der Waals surface area contributed by atoms with E-state index in [0.29, 0.717) is 5.52 Å². The third kappa shape index (κ3) is 1.99. The molecule has 0 bridgehead atoms. The first kappa shape index (κ1) is 10.9. The van der Waals surface area contributed by atoms with Crippen molar-refractivity contribution in [3.63, 3.8) is 0 Å². The van der Waals surface area contributed by atoms with Crippen LogP contribution in [0.15, 0.2) is 35.5 Å². The first-order chi connectivity index (χ1) is 7.51. The minimum absolute atomic E-state index is 0.000324. The van der Waals surface area contributed by atoms with Gasteiger partial charge in [-0.2, -0.15) is 18.4 Å². The Bertz CT molecular complexity index is 565. The maximum atomic E-state index is 12.2. The molecule has 0 aliphatic heterocycles. The number of fused-ring (bicyclic) bond motifs is 1. The lowest BCUT2D eigenvalue weighted by Gasteiger charge is -2.04. The van der Waals surface area contributed by atoms with Crippen molar-refractivity contribution in [2.24, 2.45) is 0 Å². The average molecular weight is 242 g/mol. The number of thioether (sulfide) groups is 1. The molecule has 0 aliphatic carbocycles. The van der Waals surface area contributed by atoms with E-state index in [0.717, 1.165) is 0 Å². The third-order valence-corrected chi connectivity index (χ3v) is 2.74. The normalized spacial score (nSPS) is 11.6. The molecule has 2 heterocycles. The third-order valence-electron chi connectivity index (χ3n) is 1.98. The Morgan fingerprint density at radius 2 is 2.06 bits per heavy atom. The standard InChI is InChI=1S/C10H5F3N2S/c11-10(12,13)16-9-5-7(6-14)8-3-1-2-4-15(8)9/h1-5H. The van der Waals surface area contributed by atoms with Crippen molar-refractivity contribution >= 4 is 17.3 Å². The zero-order valence-electron chi connectivity index (χ0n) is 7.82. The zero-order valence-corrected chi connectivity index (χ0v) is 8.64. The summed E-state index contributed by atoms with van der Waals surface area (Å²) in [5.74, 6) is 0. The molecule has 0 unspecified atom stereocenters. The molecule has 82 valence electrons. The molecule has 0 radical (unpaired) electrons. The second-order valence-corrected chi connectivity index (χ2v) is 4.10. The van der Waals surface area contributed by atoms with Crippen molar-refractivity contribution in [3.05, 3.63) is 36.0 Å². The van der Waals surface area contributed by atoms with Crippen molar-refractivity contribution in [1.82, 2.24) is 4.40 Å². The summed E-state index contributed by atoms with van der Waals surface area (Å²) >= 11 is -0.222. The highest BCUT2D eigenvalue weighted by molar-refractivity contribution is 8.00. The van der Waals surface area contributed by atoms with Crippen LogP contribution in [0.1, 0.15) is 5.56 Å². The van der Waals surface area contributed by atoms with Crippen molar-refractivity contribution in [2.45, 2.75) is 10.5 Å². The summed E-state index contributed by atoms with van der Waals surface area (Å²) in [5, 5.41) is 8.79. The molecule has 2 aromatic rings. The second kappa shape index (κ2) is 3.76. The monoisotopic (exact) mass is 242 g/mol. The van der Waals surface area contributed by atoms with Crippen molar-refractivity contribution in [2.75, 3.05) is 0 Å². The molecule has 0 atom stereocenters. The van der Waals surface area contributed by atoms with E-state index >= 15 is 0 Å². The number of pyridine rings is 1. The Hall–Kier alpha value is -1.61. The Balaban J connectivity index is 2.59. The minimum Gasteiger partial charge on any atom is -0.310 e. The predicted octanol–water partition coefficient (Wildman–Crippen LogP) is 3.42. The number of alkyl halides is 3. The van der Waals surface area contributed by atoms with Crippen LogP contribution in [0, 0.1) is 11.3 Å². The van der Waals surface area contributed by atoms with Crippen molar-refractivity contribution < 1.29 is 13.2 Å². The van der Waals surface area contributed by atoms with E-state index in [-0.39, 0.29) is 22.4 Å². The maximum absolute atomic E-state index is 12.2. The Morgan fingerprint density at radius 1 is 1.31 bits per heavy atom. The zero-order chi connectivity index (χ0) is 11.8. The largest absolute Gasteiger partial charge is 0.447 e. The van der Waals surface area contributed by atoms with Gasteiger partial charge in [0.1, 0.15) is 6.07 Å². The number of halogens is 3. The van der Waals surface area contributed by atoms with Gasteiger partial charge in [-0.05, 0) is 18.2 Å². The summed E-state index contributed by atoms with van der Waals surface area (Å²) in [4.78, 5) is 0. The summed E-state index contributed by atoms with van der Waals surface area (Å²) in [5.41, 5.74) is -3.62. The van der Waals surface area contributed by atoms with E-state index < -0.39 is 5.51 Å².